The van der Waals surface area contributed by atoms with Crippen LogP contribution < -0.4 is 5.32 Å². The van der Waals surface area contributed by atoms with Crippen LogP contribution in [0.1, 0.15) is 45.2 Å². The molecule has 0 radical (unpaired) electrons. The molecule has 0 aliphatic carbocycles. The number of piperidine rings is 1. The Morgan fingerprint density at radius 2 is 2.07 bits per heavy atom. The van der Waals surface area contributed by atoms with E-state index >= 15 is 0 Å². The van der Waals surface area contributed by atoms with Gasteiger partial charge in [0, 0.05) is 11.9 Å². The largest absolute Gasteiger partial charge is 0.465 e. The number of ether oxygens (including phenoxy) is 1. The van der Waals surface area contributed by atoms with E-state index in [1.165, 1.54) is 44.0 Å². The summed E-state index contributed by atoms with van der Waals surface area (Å²) in [6.07, 6.45) is 5.15. The second kappa shape index (κ2) is 8.12. The molecule has 7 nitrogen and oxygen atoms in total. The van der Waals surface area contributed by atoms with E-state index < -0.39 is 11.9 Å². The summed E-state index contributed by atoms with van der Waals surface area (Å²) >= 11 is 1.22. The molecule has 28 heavy (non-hydrogen) atoms. The van der Waals surface area contributed by atoms with Gasteiger partial charge in [-0.3, -0.25) is 9.69 Å². The highest BCUT2D eigenvalue weighted by atomic mass is 32.1. The number of carbonyl (C=O) groups excluding carboxylic acids is 2. The number of pyridine rings is 1. The van der Waals surface area contributed by atoms with Gasteiger partial charge in [0.1, 0.15) is 9.71 Å². The molecule has 3 aromatic rings. The Labute approximate surface area is 166 Å². The number of nitrogens with one attached hydrogen (secondary N) is 1. The number of fused-ring (bicyclic) bond motifs is 1. The number of hydrogen-bond donors (Lipinski definition) is 1. The summed E-state index contributed by atoms with van der Waals surface area (Å²) in [5, 5.41) is 3.49. The first-order valence-electron chi connectivity index (χ1n) is 9.23. The number of esters is 1. The molecular weight excluding hydrogens is 378 g/mol. The fourth-order valence-electron chi connectivity index (χ4n) is 3.39. The summed E-state index contributed by atoms with van der Waals surface area (Å²) < 4.78 is 10.0. The fraction of sp³-hybridized carbons (Fsp3) is 0.350. The summed E-state index contributed by atoms with van der Waals surface area (Å²) in [5.41, 5.74) is 1.36. The maximum Gasteiger partial charge on any atom is 0.350 e. The normalized spacial score (nSPS) is 14.9. The zero-order valence-corrected chi connectivity index (χ0v) is 16.4. The molecule has 8 heteroatoms. The average Bonchev–Trinajstić information content (AvgIpc) is 3.37. The minimum atomic E-state index is -0.504. The van der Waals surface area contributed by atoms with Crippen molar-refractivity contribution in [2.24, 2.45) is 0 Å². The first-order chi connectivity index (χ1) is 13.7. The lowest BCUT2D eigenvalue weighted by atomic mass is 10.1. The molecule has 0 aromatic carbocycles. The van der Waals surface area contributed by atoms with Crippen LogP contribution in [-0.4, -0.2) is 42.0 Å². The maximum atomic E-state index is 12.4. The van der Waals surface area contributed by atoms with Crippen LogP contribution in [0.3, 0.4) is 0 Å². The van der Waals surface area contributed by atoms with Crippen LogP contribution in [0, 0.1) is 0 Å². The van der Waals surface area contributed by atoms with Gasteiger partial charge in [-0.15, -0.1) is 11.3 Å². The van der Waals surface area contributed by atoms with Crippen molar-refractivity contribution >= 4 is 39.1 Å². The monoisotopic (exact) mass is 399 g/mol. The number of aromatic nitrogens is 1. The lowest BCUT2D eigenvalue weighted by Crippen LogP contribution is -2.29. The van der Waals surface area contributed by atoms with Crippen LogP contribution in [0.4, 0.5) is 5.69 Å². The van der Waals surface area contributed by atoms with Crippen LogP contribution in [0.2, 0.25) is 0 Å². The molecule has 1 aliphatic heterocycles. The molecule has 1 saturated heterocycles. The highest BCUT2D eigenvalue weighted by Gasteiger charge is 2.23. The molecule has 1 aliphatic rings. The van der Waals surface area contributed by atoms with Crippen molar-refractivity contribution in [3.8, 4) is 0 Å². The van der Waals surface area contributed by atoms with Crippen molar-refractivity contribution in [2.45, 2.75) is 25.8 Å². The number of anilines is 1. The van der Waals surface area contributed by atoms with Gasteiger partial charge in [-0.25, -0.2) is 9.78 Å². The van der Waals surface area contributed by atoms with Crippen molar-refractivity contribution in [1.29, 1.82) is 0 Å². The first kappa shape index (κ1) is 18.6. The molecule has 4 rings (SSSR count). The minimum Gasteiger partial charge on any atom is -0.465 e. The molecule has 0 bridgehead atoms. The van der Waals surface area contributed by atoms with Crippen molar-refractivity contribution in [1.82, 2.24) is 9.88 Å². The molecule has 0 atom stereocenters. The smallest absolute Gasteiger partial charge is 0.350 e. The Morgan fingerprint density at radius 1 is 1.25 bits per heavy atom. The Hall–Kier alpha value is -2.71. The third-order valence-electron chi connectivity index (χ3n) is 4.80. The number of thiophene rings is 1. The SMILES string of the molecule is COC(=O)c1sc2nc(CN3CCCCC3)ccc2c1NC(=O)c1ccco1. The molecule has 0 unspecified atom stereocenters. The van der Waals surface area contributed by atoms with E-state index in [9.17, 15) is 9.59 Å². The molecule has 1 fully saturated rings. The third kappa shape index (κ3) is 3.79. The number of hydrogen-bond acceptors (Lipinski definition) is 7. The van der Waals surface area contributed by atoms with E-state index in [1.807, 2.05) is 12.1 Å². The van der Waals surface area contributed by atoms with Gasteiger partial charge in [-0.1, -0.05) is 6.42 Å². The van der Waals surface area contributed by atoms with E-state index in [0.717, 1.165) is 25.3 Å². The summed E-state index contributed by atoms with van der Waals surface area (Å²) in [4.78, 5) is 32.8. The topological polar surface area (TPSA) is 84.7 Å². The third-order valence-corrected chi connectivity index (χ3v) is 5.88. The molecule has 1 amide bonds. The van der Waals surface area contributed by atoms with Gasteiger partial charge in [-0.05, 0) is 50.2 Å². The predicted octanol–water partition coefficient (Wildman–Crippen LogP) is 3.91. The second-order valence-electron chi connectivity index (χ2n) is 6.72. The molecule has 1 N–H and O–H groups in total. The van der Waals surface area contributed by atoms with Gasteiger partial charge >= 0.3 is 5.97 Å². The predicted molar refractivity (Wildman–Crippen MR) is 107 cm³/mol. The zero-order valence-electron chi connectivity index (χ0n) is 15.6. The Morgan fingerprint density at radius 3 is 2.79 bits per heavy atom. The first-order valence-corrected chi connectivity index (χ1v) is 10.1. The lowest BCUT2D eigenvalue weighted by molar-refractivity contribution is 0.0607. The molecular formula is C20H21N3O4S. The van der Waals surface area contributed by atoms with Crippen LogP contribution in [0.25, 0.3) is 10.2 Å². The van der Waals surface area contributed by atoms with Crippen molar-refractivity contribution in [2.75, 3.05) is 25.5 Å². The number of amides is 1. The number of furan rings is 1. The maximum absolute atomic E-state index is 12.4. The molecule has 3 aromatic heterocycles. The van der Waals surface area contributed by atoms with Gasteiger partial charge in [0.15, 0.2) is 5.76 Å². The zero-order chi connectivity index (χ0) is 19.5. The number of rotatable bonds is 5. The van der Waals surface area contributed by atoms with E-state index in [-0.39, 0.29) is 5.76 Å². The minimum absolute atomic E-state index is 0.171. The van der Waals surface area contributed by atoms with Gasteiger partial charge in [-0.2, -0.15) is 0 Å². The van der Waals surface area contributed by atoms with E-state index in [2.05, 4.69) is 10.2 Å². The lowest BCUT2D eigenvalue weighted by Gasteiger charge is -2.25. The summed E-state index contributed by atoms with van der Waals surface area (Å²) in [6.45, 7) is 2.96. The van der Waals surface area contributed by atoms with Gasteiger partial charge in [0.2, 0.25) is 0 Å². The molecule has 146 valence electrons. The standard InChI is InChI=1S/C20H21N3O4S/c1-26-20(25)17-16(22-18(24)15-6-5-11-27-15)14-8-7-13(21-19(14)28-17)12-23-9-3-2-4-10-23/h5-8,11H,2-4,9-10,12H2,1H3,(H,22,24). The van der Waals surface area contributed by atoms with Crippen LogP contribution in [-0.2, 0) is 11.3 Å². The highest BCUT2D eigenvalue weighted by molar-refractivity contribution is 7.21. The Balaban J connectivity index is 1.66. The van der Waals surface area contributed by atoms with E-state index in [1.54, 1.807) is 12.1 Å². The Bertz CT molecular complexity index is 990. The van der Waals surface area contributed by atoms with Crippen LogP contribution in [0.15, 0.2) is 34.9 Å². The number of likely N-dealkylation sites (tertiary alicyclic amines) is 1. The summed E-state index contributed by atoms with van der Waals surface area (Å²) in [5.74, 6) is -0.757. The quantitative estimate of drug-likeness (QED) is 0.655. The molecule has 0 spiro atoms. The van der Waals surface area contributed by atoms with Gasteiger partial charge in [0.05, 0.1) is 24.8 Å². The van der Waals surface area contributed by atoms with Crippen molar-refractivity contribution < 1.29 is 18.7 Å². The van der Waals surface area contributed by atoms with E-state index in [4.69, 9.17) is 14.1 Å². The summed E-state index contributed by atoms with van der Waals surface area (Å²) in [6, 6.07) is 7.06. The average molecular weight is 399 g/mol. The van der Waals surface area contributed by atoms with Gasteiger partial charge < -0.3 is 14.5 Å². The van der Waals surface area contributed by atoms with Crippen LogP contribution >= 0.6 is 11.3 Å². The van der Waals surface area contributed by atoms with Crippen molar-refractivity contribution in [3.05, 3.63) is 46.9 Å². The highest BCUT2D eigenvalue weighted by Crippen LogP contribution is 2.36. The summed E-state index contributed by atoms with van der Waals surface area (Å²) in [7, 11) is 1.32. The number of nitrogens with zero attached hydrogens (tertiary/aromatic N) is 2. The van der Waals surface area contributed by atoms with E-state index in [0.29, 0.717) is 20.8 Å². The van der Waals surface area contributed by atoms with Crippen LogP contribution in [0.5, 0.6) is 0 Å². The molecule has 0 saturated carbocycles. The second-order valence-corrected chi connectivity index (χ2v) is 7.72. The van der Waals surface area contributed by atoms with Gasteiger partial charge in [0.25, 0.3) is 5.91 Å². The number of methoxy groups -OCH3 is 1. The van der Waals surface area contributed by atoms with Crippen molar-refractivity contribution in [3.63, 3.8) is 0 Å². The fourth-order valence-corrected chi connectivity index (χ4v) is 4.46. The number of carbonyl (C=O) groups is 2. The molecule has 4 heterocycles. The Kier molecular flexibility index (Phi) is 5.40.